The second-order valence-corrected chi connectivity index (χ2v) is 9.70. The van der Waals surface area contributed by atoms with Crippen LogP contribution in [-0.2, 0) is 25.8 Å². The highest BCUT2D eigenvalue weighted by molar-refractivity contribution is 7.92. The number of hydrogen-bond donors (Lipinski definition) is 1. The number of amides is 1. The van der Waals surface area contributed by atoms with Gasteiger partial charge in [0, 0.05) is 13.1 Å². The molecule has 1 amide bonds. The number of rotatable bonds is 5. The van der Waals surface area contributed by atoms with Crippen molar-refractivity contribution in [3.05, 3.63) is 29.8 Å². The van der Waals surface area contributed by atoms with E-state index >= 15 is 0 Å². The van der Waals surface area contributed by atoms with Crippen LogP contribution in [-0.4, -0.2) is 48.6 Å². The number of carboxylic acid groups (broad SMARTS) is 1. The smallest absolute Gasteiger partial charge is 0.311 e. The standard InChI is InChI=1S/C18H25NO5S/c1-13(2)25(23,24)15-7-5-14(6-8-15)11-16(20)19-10-4-9-18(3,12-19)17(21)22/h5-8,13H,4,9-12H2,1-3H3,(H,21,22). The normalized spacial score (nSPS) is 21.4. The van der Waals surface area contributed by atoms with Crippen molar-refractivity contribution in [1.29, 1.82) is 0 Å². The maximum absolute atomic E-state index is 12.5. The maximum atomic E-state index is 12.5. The van der Waals surface area contributed by atoms with Gasteiger partial charge in [-0.1, -0.05) is 12.1 Å². The number of benzene rings is 1. The van der Waals surface area contributed by atoms with Crippen LogP contribution in [0.25, 0.3) is 0 Å². The van der Waals surface area contributed by atoms with Crippen LogP contribution in [0.2, 0.25) is 0 Å². The monoisotopic (exact) mass is 367 g/mol. The van der Waals surface area contributed by atoms with E-state index in [9.17, 15) is 23.1 Å². The Labute approximate surface area is 148 Å². The second kappa shape index (κ2) is 7.15. The summed E-state index contributed by atoms with van der Waals surface area (Å²) in [5.41, 5.74) is -0.182. The minimum atomic E-state index is -3.33. The van der Waals surface area contributed by atoms with E-state index in [1.165, 1.54) is 12.1 Å². The third-order valence-corrected chi connectivity index (χ3v) is 6.96. The SMILES string of the molecule is CC(C)S(=O)(=O)c1ccc(CC(=O)N2CCCC(C)(C(=O)O)C2)cc1. The Morgan fingerprint density at radius 2 is 1.84 bits per heavy atom. The Balaban J connectivity index is 2.07. The molecule has 1 aromatic carbocycles. The highest BCUT2D eigenvalue weighted by atomic mass is 32.2. The van der Waals surface area contributed by atoms with Gasteiger partial charge in [0.1, 0.15) is 0 Å². The lowest BCUT2D eigenvalue weighted by atomic mass is 9.82. The number of piperidine rings is 1. The lowest BCUT2D eigenvalue weighted by molar-refractivity contribution is -0.153. The molecule has 1 aliphatic rings. The molecule has 138 valence electrons. The summed E-state index contributed by atoms with van der Waals surface area (Å²) in [4.78, 5) is 25.7. The third kappa shape index (κ3) is 4.21. The molecule has 1 aromatic rings. The van der Waals surface area contributed by atoms with Gasteiger partial charge in [-0.15, -0.1) is 0 Å². The van der Waals surface area contributed by atoms with Crippen LogP contribution in [0.5, 0.6) is 0 Å². The fourth-order valence-electron chi connectivity index (χ4n) is 2.98. The average molecular weight is 367 g/mol. The largest absolute Gasteiger partial charge is 0.481 e. The zero-order valence-electron chi connectivity index (χ0n) is 14.9. The molecule has 0 bridgehead atoms. The summed E-state index contributed by atoms with van der Waals surface area (Å²) in [6.45, 7) is 5.69. The summed E-state index contributed by atoms with van der Waals surface area (Å²) < 4.78 is 24.2. The van der Waals surface area contributed by atoms with Crippen molar-refractivity contribution in [3.63, 3.8) is 0 Å². The molecule has 1 N–H and O–H groups in total. The van der Waals surface area contributed by atoms with Crippen molar-refractivity contribution in [2.75, 3.05) is 13.1 Å². The summed E-state index contributed by atoms with van der Waals surface area (Å²) >= 11 is 0. The number of aliphatic carboxylic acids is 1. The summed E-state index contributed by atoms with van der Waals surface area (Å²) in [6.07, 6.45) is 1.37. The van der Waals surface area contributed by atoms with E-state index in [0.717, 1.165) is 5.56 Å². The van der Waals surface area contributed by atoms with Crippen LogP contribution in [0.1, 0.15) is 39.2 Å². The molecule has 0 spiro atoms. The van der Waals surface area contributed by atoms with Gasteiger partial charge in [0.05, 0.1) is 22.0 Å². The zero-order valence-corrected chi connectivity index (χ0v) is 15.7. The molecule has 0 saturated carbocycles. The Kier molecular flexibility index (Phi) is 5.56. The number of nitrogens with zero attached hydrogens (tertiary/aromatic N) is 1. The lowest BCUT2D eigenvalue weighted by Gasteiger charge is -2.37. The molecule has 1 aliphatic heterocycles. The molecule has 2 rings (SSSR count). The van der Waals surface area contributed by atoms with Crippen LogP contribution in [0, 0.1) is 5.41 Å². The van der Waals surface area contributed by atoms with E-state index in [4.69, 9.17) is 0 Å². The van der Waals surface area contributed by atoms with Crippen LogP contribution in [0.3, 0.4) is 0 Å². The first-order valence-corrected chi connectivity index (χ1v) is 9.95. The first-order valence-electron chi connectivity index (χ1n) is 8.40. The summed E-state index contributed by atoms with van der Waals surface area (Å²) in [5.74, 6) is -1.01. The molecule has 1 atom stereocenters. The van der Waals surface area contributed by atoms with E-state index in [0.29, 0.717) is 19.4 Å². The van der Waals surface area contributed by atoms with Crippen molar-refractivity contribution in [2.45, 2.75) is 50.2 Å². The average Bonchev–Trinajstić information content (AvgIpc) is 2.55. The predicted molar refractivity (Wildman–Crippen MR) is 94.0 cm³/mol. The predicted octanol–water partition coefficient (Wildman–Crippen LogP) is 2.12. The number of hydrogen-bond acceptors (Lipinski definition) is 4. The highest BCUT2D eigenvalue weighted by Gasteiger charge is 2.39. The minimum absolute atomic E-state index is 0.133. The molecule has 0 aromatic heterocycles. The molecule has 1 saturated heterocycles. The van der Waals surface area contributed by atoms with Crippen molar-refractivity contribution < 1.29 is 23.1 Å². The van der Waals surface area contributed by atoms with E-state index in [1.54, 1.807) is 37.8 Å². The van der Waals surface area contributed by atoms with Gasteiger partial charge < -0.3 is 10.0 Å². The third-order valence-electron chi connectivity index (χ3n) is 4.79. The molecule has 6 nitrogen and oxygen atoms in total. The lowest BCUT2D eigenvalue weighted by Crippen LogP contribution is -2.48. The van der Waals surface area contributed by atoms with Gasteiger partial charge in [-0.3, -0.25) is 9.59 Å². The zero-order chi connectivity index (χ0) is 18.8. The van der Waals surface area contributed by atoms with Crippen molar-refractivity contribution in [3.8, 4) is 0 Å². The topological polar surface area (TPSA) is 91.8 Å². The van der Waals surface area contributed by atoms with Crippen molar-refractivity contribution >= 4 is 21.7 Å². The maximum Gasteiger partial charge on any atom is 0.311 e. The Hall–Kier alpha value is -1.89. The minimum Gasteiger partial charge on any atom is -0.481 e. The summed E-state index contributed by atoms with van der Waals surface area (Å²) in [6, 6.07) is 6.34. The number of carbonyl (C=O) groups is 2. The van der Waals surface area contributed by atoms with Gasteiger partial charge in [-0.05, 0) is 51.3 Å². The highest BCUT2D eigenvalue weighted by Crippen LogP contribution is 2.30. The van der Waals surface area contributed by atoms with E-state index < -0.39 is 26.5 Å². The molecular weight excluding hydrogens is 342 g/mol. The van der Waals surface area contributed by atoms with Crippen LogP contribution in [0.15, 0.2) is 29.2 Å². The van der Waals surface area contributed by atoms with E-state index in [1.807, 2.05) is 0 Å². The number of carbonyl (C=O) groups excluding carboxylic acids is 1. The van der Waals surface area contributed by atoms with Crippen molar-refractivity contribution in [1.82, 2.24) is 4.90 Å². The molecule has 25 heavy (non-hydrogen) atoms. The van der Waals surface area contributed by atoms with Crippen LogP contribution >= 0.6 is 0 Å². The fraction of sp³-hybridized carbons (Fsp3) is 0.556. The number of sulfone groups is 1. The molecule has 1 unspecified atom stereocenters. The molecule has 1 heterocycles. The summed E-state index contributed by atoms with van der Waals surface area (Å²) in [5, 5.41) is 8.85. The number of likely N-dealkylation sites (tertiary alicyclic amines) is 1. The Morgan fingerprint density at radius 1 is 1.24 bits per heavy atom. The van der Waals surface area contributed by atoms with Crippen LogP contribution in [0.4, 0.5) is 0 Å². The quantitative estimate of drug-likeness (QED) is 0.861. The van der Waals surface area contributed by atoms with E-state index in [-0.39, 0.29) is 23.8 Å². The van der Waals surface area contributed by atoms with Crippen molar-refractivity contribution in [2.24, 2.45) is 5.41 Å². The molecule has 7 heteroatoms. The Morgan fingerprint density at radius 3 is 2.36 bits per heavy atom. The summed E-state index contributed by atoms with van der Waals surface area (Å²) in [7, 11) is -3.33. The molecule has 0 aliphatic carbocycles. The van der Waals surface area contributed by atoms with Crippen LogP contribution < -0.4 is 0 Å². The van der Waals surface area contributed by atoms with Gasteiger partial charge >= 0.3 is 5.97 Å². The van der Waals surface area contributed by atoms with E-state index in [2.05, 4.69) is 0 Å². The molecule has 0 radical (unpaired) electrons. The fourth-order valence-corrected chi connectivity index (χ4v) is 4.04. The number of carboxylic acids is 1. The second-order valence-electron chi connectivity index (χ2n) is 7.20. The Bertz CT molecular complexity index is 754. The van der Waals surface area contributed by atoms with Gasteiger partial charge in [0.15, 0.2) is 9.84 Å². The molecular formula is C18H25NO5S. The van der Waals surface area contributed by atoms with Gasteiger partial charge in [-0.2, -0.15) is 0 Å². The first kappa shape index (κ1) is 19.4. The van der Waals surface area contributed by atoms with Gasteiger partial charge in [-0.25, -0.2) is 8.42 Å². The van der Waals surface area contributed by atoms with Gasteiger partial charge in [0.2, 0.25) is 5.91 Å². The first-order chi connectivity index (χ1) is 11.6. The molecule has 1 fully saturated rings. The van der Waals surface area contributed by atoms with Gasteiger partial charge in [0.25, 0.3) is 0 Å².